The number of anilines is 2. The average molecular weight is 286 g/mol. The largest absolute Gasteiger partial charge is 0.497 e. The number of nitrogens with one attached hydrogen (secondary N) is 1. The number of ether oxygens (including phenoxy) is 1. The van der Waals surface area contributed by atoms with Crippen LogP contribution in [-0.2, 0) is 6.54 Å². The summed E-state index contributed by atoms with van der Waals surface area (Å²) in [4.78, 5) is 11.0. The molecular formula is C16H22N4O. The molecule has 0 atom stereocenters. The number of aromatic nitrogens is 2. The second-order valence-electron chi connectivity index (χ2n) is 4.93. The van der Waals surface area contributed by atoms with E-state index in [1.807, 2.05) is 45.2 Å². The first-order chi connectivity index (χ1) is 10.1. The van der Waals surface area contributed by atoms with E-state index >= 15 is 0 Å². The van der Waals surface area contributed by atoms with Crippen LogP contribution in [0.15, 0.2) is 30.3 Å². The molecule has 1 N–H and O–H groups in total. The van der Waals surface area contributed by atoms with Crippen LogP contribution in [0.5, 0.6) is 5.75 Å². The first-order valence-electron chi connectivity index (χ1n) is 7.06. The second kappa shape index (κ2) is 6.92. The number of rotatable bonds is 6. The van der Waals surface area contributed by atoms with Crippen LogP contribution < -0.4 is 15.0 Å². The van der Waals surface area contributed by atoms with Crippen molar-refractivity contribution in [3.63, 3.8) is 0 Å². The van der Waals surface area contributed by atoms with Crippen LogP contribution in [0.1, 0.15) is 18.2 Å². The summed E-state index contributed by atoms with van der Waals surface area (Å²) in [7, 11) is 3.70. The van der Waals surface area contributed by atoms with Gasteiger partial charge in [0.1, 0.15) is 11.6 Å². The summed E-state index contributed by atoms with van der Waals surface area (Å²) in [6.07, 6.45) is 0. The molecule has 0 unspecified atom stereocenters. The Bertz CT molecular complexity index is 601. The molecule has 0 aliphatic heterocycles. The highest BCUT2D eigenvalue weighted by Gasteiger charge is 2.07. The normalized spacial score (nSPS) is 10.3. The van der Waals surface area contributed by atoms with E-state index in [1.54, 1.807) is 7.11 Å². The van der Waals surface area contributed by atoms with Gasteiger partial charge >= 0.3 is 0 Å². The Kier molecular flexibility index (Phi) is 4.98. The van der Waals surface area contributed by atoms with E-state index in [0.717, 1.165) is 30.4 Å². The zero-order valence-electron chi connectivity index (χ0n) is 13.1. The van der Waals surface area contributed by atoms with Crippen LogP contribution in [0.4, 0.5) is 11.8 Å². The molecule has 0 radical (unpaired) electrons. The van der Waals surface area contributed by atoms with Crippen LogP contribution in [0.2, 0.25) is 0 Å². The molecule has 0 saturated heterocycles. The Balaban J connectivity index is 2.17. The lowest BCUT2D eigenvalue weighted by molar-refractivity contribution is 0.414. The molecule has 0 saturated carbocycles. The Labute approximate surface area is 126 Å². The molecule has 2 aromatic rings. The molecule has 0 aliphatic carbocycles. The molecule has 5 heteroatoms. The maximum absolute atomic E-state index is 5.26. The van der Waals surface area contributed by atoms with Crippen molar-refractivity contribution >= 4 is 11.8 Å². The van der Waals surface area contributed by atoms with Crippen molar-refractivity contribution in [3.05, 3.63) is 41.6 Å². The maximum Gasteiger partial charge on any atom is 0.224 e. The number of benzene rings is 1. The summed E-state index contributed by atoms with van der Waals surface area (Å²) in [6, 6.07) is 10.0. The molecule has 0 spiro atoms. The van der Waals surface area contributed by atoms with Gasteiger partial charge in [-0.05, 0) is 31.5 Å². The van der Waals surface area contributed by atoms with Crippen LogP contribution >= 0.6 is 0 Å². The summed E-state index contributed by atoms with van der Waals surface area (Å²) in [6.45, 7) is 5.58. The van der Waals surface area contributed by atoms with Gasteiger partial charge in [-0.25, -0.2) is 4.98 Å². The zero-order valence-corrected chi connectivity index (χ0v) is 13.1. The molecule has 21 heavy (non-hydrogen) atoms. The lowest BCUT2D eigenvalue weighted by Crippen LogP contribution is -2.19. The molecule has 5 nitrogen and oxygen atoms in total. The van der Waals surface area contributed by atoms with Crippen molar-refractivity contribution in [2.45, 2.75) is 20.4 Å². The van der Waals surface area contributed by atoms with Crippen molar-refractivity contribution in [1.29, 1.82) is 0 Å². The van der Waals surface area contributed by atoms with Crippen molar-refractivity contribution in [3.8, 4) is 5.75 Å². The van der Waals surface area contributed by atoms with Crippen LogP contribution in [-0.4, -0.2) is 30.7 Å². The topological polar surface area (TPSA) is 50.3 Å². The molecule has 0 aliphatic rings. The fraction of sp³-hybridized carbons (Fsp3) is 0.375. The molecular weight excluding hydrogens is 264 g/mol. The minimum Gasteiger partial charge on any atom is -0.497 e. The third kappa shape index (κ3) is 4.08. The zero-order chi connectivity index (χ0) is 15.2. The predicted octanol–water partition coefficient (Wildman–Crippen LogP) is 2.86. The van der Waals surface area contributed by atoms with Gasteiger partial charge in [-0.2, -0.15) is 4.98 Å². The van der Waals surface area contributed by atoms with E-state index in [0.29, 0.717) is 5.95 Å². The Hall–Kier alpha value is -2.30. The Morgan fingerprint density at radius 3 is 2.76 bits per heavy atom. The summed E-state index contributed by atoms with van der Waals surface area (Å²) in [5, 5.41) is 3.16. The van der Waals surface area contributed by atoms with E-state index in [1.165, 1.54) is 5.56 Å². The fourth-order valence-corrected chi connectivity index (χ4v) is 2.11. The smallest absolute Gasteiger partial charge is 0.224 e. The molecule has 1 aromatic heterocycles. The van der Waals surface area contributed by atoms with Gasteiger partial charge in [-0.1, -0.05) is 12.1 Å². The first-order valence-corrected chi connectivity index (χ1v) is 7.06. The Morgan fingerprint density at radius 1 is 1.24 bits per heavy atom. The Morgan fingerprint density at radius 2 is 2.05 bits per heavy atom. The number of nitrogens with zero attached hydrogens (tertiary/aromatic N) is 3. The summed E-state index contributed by atoms with van der Waals surface area (Å²) in [5.41, 5.74) is 2.13. The van der Waals surface area contributed by atoms with Gasteiger partial charge in [-0.3, -0.25) is 0 Å². The highest BCUT2D eigenvalue weighted by atomic mass is 16.5. The molecule has 0 fully saturated rings. The quantitative estimate of drug-likeness (QED) is 0.885. The van der Waals surface area contributed by atoms with Crippen molar-refractivity contribution < 1.29 is 4.74 Å². The third-order valence-corrected chi connectivity index (χ3v) is 3.12. The van der Waals surface area contributed by atoms with Gasteiger partial charge in [0.25, 0.3) is 0 Å². The van der Waals surface area contributed by atoms with E-state index in [9.17, 15) is 0 Å². The SMILES string of the molecule is CCNc1nc(C)cc(N(C)Cc2cccc(OC)c2)n1. The maximum atomic E-state index is 5.26. The van der Waals surface area contributed by atoms with Crippen molar-refractivity contribution in [2.24, 2.45) is 0 Å². The van der Waals surface area contributed by atoms with Gasteiger partial charge in [-0.15, -0.1) is 0 Å². The predicted molar refractivity (Wildman–Crippen MR) is 86.0 cm³/mol. The van der Waals surface area contributed by atoms with E-state index in [2.05, 4.69) is 26.3 Å². The van der Waals surface area contributed by atoms with E-state index in [4.69, 9.17) is 4.74 Å². The molecule has 0 bridgehead atoms. The highest BCUT2D eigenvalue weighted by Crippen LogP contribution is 2.18. The summed E-state index contributed by atoms with van der Waals surface area (Å²) < 4.78 is 5.26. The molecule has 2 rings (SSSR count). The van der Waals surface area contributed by atoms with Gasteiger partial charge in [0.2, 0.25) is 5.95 Å². The number of methoxy groups -OCH3 is 1. The third-order valence-electron chi connectivity index (χ3n) is 3.12. The standard InChI is InChI=1S/C16H22N4O/c1-5-17-16-18-12(2)9-15(19-16)20(3)11-13-7-6-8-14(10-13)21-4/h6-10H,5,11H2,1-4H3,(H,17,18,19). The summed E-state index contributed by atoms with van der Waals surface area (Å²) in [5.74, 6) is 2.44. The minimum atomic E-state index is 0.671. The van der Waals surface area contributed by atoms with E-state index in [-0.39, 0.29) is 0 Å². The van der Waals surface area contributed by atoms with Crippen molar-refractivity contribution in [2.75, 3.05) is 30.9 Å². The second-order valence-corrected chi connectivity index (χ2v) is 4.93. The molecule has 112 valence electrons. The number of aryl methyl sites for hydroxylation is 1. The van der Waals surface area contributed by atoms with Crippen LogP contribution in [0, 0.1) is 6.92 Å². The monoisotopic (exact) mass is 286 g/mol. The molecule has 1 aromatic carbocycles. The van der Waals surface area contributed by atoms with Crippen LogP contribution in [0.3, 0.4) is 0 Å². The minimum absolute atomic E-state index is 0.671. The van der Waals surface area contributed by atoms with Gasteiger partial charge in [0.15, 0.2) is 0 Å². The fourth-order valence-electron chi connectivity index (χ4n) is 2.11. The lowest BCUT2D eigenvalue weighted by Gasteiger charge is -2.19. The molecule has 0 amide bonds. The van der Waals surface area contributed by atoms with Crippen molar-refractivity contribution in [1.82, 2.24) is 9.97 Å². The first kappa shape index (κ1) is 15.1. The van der Waals surface area contributed by atoms with Gasteiger partial charge in [0, 0.05) is 31.9 Å². The molecule has 1 heterocycles. The summed E-state index contributed by atoms with van der Waals surface area (Å²) >= 11 is 0. The van der Waals surface area contributed by atoms with E-state index < -0.39 is 0 Å². The number of hydrogen-bond donors (Lipinski definition) is 1. The highest BCUT2D eigenvalue weighted by molar-refractivity contribution is 5.45. The lowest BCUT2D eigenvalue weighted by atomic mass is 10.2. The number of hydrogen-bond acceptors (Lipinski definition) is 5. The van der Waals surface area contributed by atoms with Gasteiger partial charge in [0.05, 0.1) is 7.11 Å². The average Bonchev–Trinajstić information content (AvgIpc) is 2.47. The van der Waals surface area contributed by atoms with Gasteiger partial charge < -0.3 is 15.0 Å². The van der Waals surface area contributed by atoms with Crippen LogP contribution in [0.25, 0.3) is 0 Å².